The van der Waals surface area contributed by atoms with Gasteiger partial charge in [-0.15, -0.1) is 0 Å². The fraction of sp³-hybridized carbons (Fsp3) is 0.500. The molecular formula is C4H10N2S4Sn. The number of hydrogen-bond donors (Lipinski definition) is 2. The second kappa shape index (κ2) is 17.2. The second-order valence-corrected chi connectivity index (χ2v) is 6.27. The van der Waals surface area contributed by atoms with Crippen molar-refractivity contribution in [1.29, 1.82) is 0 Å². The first-order valence-electron chi connectivity index (χ1n) is 2.39. The van der Waals surface area contributed by atoms with Crippen molar-refractivity contribution in [2.45, 2.75) is 9.88 Å². The molecule has 0 aliphatic heterocycles. The summed E-state index contributed by atoms with van der Waals surface area (Å²) in [7, 11) is 0. The molecule has 0 heterocycles. The van der Waals surface area contributed by atoms with Gasteiger partial charge in [-0.05, 0) is 0 Å². The van der Waals surface area contributed by atoms with Gasteiger partial charge in [0.25, 0.3) is 0 Å². The van der Waals surface area contributed by atoms with Crippen molar-refractivity contribution in [1.82, 2.24) is 0 Å². The van der Waals surface area contributed by atoms with Gasteiger partial charge in [0.2, 0.25) is 0 Å². The molecule has 0 bridgehead atoms. The molecule has 0 saturated carbocycles. The molecule has 4 N–H and O–H groups in total. The van der Waals surface area contributed by atoms with E-state index < -0.39 is 0 Å². The van der Waals surface area contributed by atoms with Gasteiger partial charge in [-0.25, -0.2) is 0 Å². The summed E-state index contributed by atoms with van der Waals surface area (Å²) in [4.78, 5) is 4.59. The van der Waals surface area contributed by atoms with E-state index >= 15 is 0 Å². The van der Waals surface area contributed by atoms with Crippen LogP contribution in [-0.2, 0) is 25.3 Å². The Kier molecular flexibility index (Phi) is 28.1. The van der Waals surface area contributed by atoms with Crippen molar-refractivity contribution >= 4 is 79.5 Å². The van der Waals surface area contributed by atoms with Crippen LogP contribution >= 0.6 is 24.4 Å². The van der Waals surface area contributed by atoms with E-state index in [0.717, 1.165) is 0 Å². The molecule has 7 heteroatoms. The summed E-state index contributed by atoms with van der Waals surface area (Å²) in [5.41, 5.74) is 9.31. The first-order valence-corrected chi connectivity index (χ1v) is 9.74. The van der Waals surface area contributed by atoms with Crippen molar-refractivity contribution < 1.29 is 0 Å². The van der Waals surface area contributed by atoms with Crippen molar-refractivity contribution in [3.05, 3.63) is 0 Å². The van der Waals surface area contributed by atoms with E-state index in [1.807, 2.05) is 0 Å². The van der Waals surface area contributed by atoms with Crippen molar-refractivity contribution in [2.24, 2.45) is 11.5 Å². The molecule has 0 rings (SSSR count). The Morgan fingerprint density at radius 3 is 1.09 bits per heavy atom. The number of nitrogens with two attached hydrogens (primary N) is 2. The zero-order chi connectivity index (χ0) is 9.86. The summed E-state index contributed by atoms with van der Waals surface area (Å²) >= 11 is 16.7. The first-order chi connectivity index (χ1) is 4.88. The molecule has 0 atom stereocenters. The standard InChI is InChI=1S/2CH3NS2.2CH3.Sn/c2*2-1(3)4;;;/h2*(H3,2,3,4);2*1H3;/q;;;;+2/p-2. The van der Waals surface area contributed by atoms with Crippen LogP contribution in [0.3, 0.4) is 0 Å². The van der Waals surface area contributed by atoms with Gasteiger partial charge < -0.3 is 61.2 Å². The third-order valence-corrected chi connectivity index (χ3v) is 0. The average molecular weight is 333 g/mol. The van der Waals surface area contributed by atoms with Gasteiger partial charge in [-0.2, -0.15) is 0 Å². The SMILES string of the molecule is NC(=S)[S-].NC(=S)[S-].[CH3][Sn+2][CH3]. The second-order valence-electron chi connectivity index (χ2n) is 1.14. The average Bonchev–Trinajstić information content (AvgIpc) is 1.60. The zero-order valence-electron chi connectivity index (χ0n) is 6.29. The van der Waals surface area contributed by atoms with Gasteiger partial charge in [0.05, 0.1) is 0 Å². The van der Waals surface area contributed by atoms with E-state index in [4.69, 9.17) is 0 Å². The van der Waals surface area contributed by atoms with Crippen LogP contribution in [-0.4, -0.2) is 29.8 Å². The molecule has 0 unspecified atom stereocenters. The van der Waals surface area contributed by atoms with Gasteiger partial charge in [0.1, 0.15) is 0 Å². The molecule has 0 saturated heterocycles. The molecule has 0 radical (unpaired) electrons. The Morgan fingerprint density at radius 1 is 1.09 bits per heavy atom. The van der Waals surface area contributed by atoms with Crippen molar-refractivity contribution in [3.63, 3.8) is 0 Å². The molecule has 0 aromatic heterocycles. The normalized spacial score (nSPS) is 5.27. The third kappa shape index (κ3) is 864. The van der Waals surface area contributed by atoms with Crippen LogP contribution in [0.4, 0.5) is 0 Å². The van der Waals surface area contributed by atoms with E-state index in [-0.39, 0.29) is 29.8 Å². The number of thiocarbonyl (C=S) groups is 2. The minimum atomic E-state index is 0.0833. The van der Waals surface area contributed by atoms with E-state index in [1.54, 1.807) is 0 Å². The van der Waals surface area contributed by atoms with E-state index in [2.05, 4.69) is 71.0 Å². The van der Waals surface area contributed by atoms with Crippen LogP contribution in [0.5, 0.6) is 0 Å². The molecule has 0 aliphatic carbocycles. The predicted octanol–water partition coefficient (Wildman–Crippen LogP) is 0.341. The molecule has 0 aromatic rings. The maximum absolute atomic E-state index is 4.66. The summed E-state index contributed by atoms with van der Waals surface area (Å²) in [5, 5.41) is 0. The number of rotatable bonds is 0. The van der Waals surface area contributed by atoms with Crippen LogP contribution in [0.2, 0.25) is 9.88 Å². The Balaban J connectivity index is -0.0000000886. The van der Waals surface area contributed by atoms with Gasteiger partial charge in [-0.1, -0.05) is 8.64 Å². The maximum atomic E-state index is 4.66. The molecule has 64 valence electrons. The summed E-state index contributed by atoms with van der Waals surface area (Å²) in [5.74, 6) is 0. The molecule has 0 spiro atoms. The molecule has 11 heavy (non-hydrogen) atoms. The predicted molar refractivity (Wildman–Crippen MR) is 65.8 cm³/mol. The molecular weight excluding hydrogens is 323 g/mol. The van der Waals surface area contributed by atoms with Crippen LogP contribution in [0.1, 0.15) is 0 Å². The minimum absolute atomic E-state index is 0.0833. The van der Waals surface area contributed by atoms with Crippen LogP contribution in [0, 0.1) is 0 Å². The summed E-state index contributed by atoms with van der Waals surface area (Å²) in [6.45, 7) is 0. The zero-order valence-corrected chi connectivity index (χ0v) is 12.4. The Labute approximate surface area is 99.9 Å². The van der Waals surface area contributed by atoms with Gasteiger partial charge in [0, 0.05) is 0 Å². The molecule has 2 nitrogen and oxygen atoms in total. The van der Waals surface area contributed by atoms with Crippen LogP contribution in [0.25, 0.3) is 0 Å². The first kappa shape index (κ1) is 17.9. The quantitative estimate of drug-likeness (QED) is 0.379. The summed E-state index contributed by atoms with van der Waals surface area (Å²) in [6.07, 6.45) is 0. The van der Waals surface area contributed by atoms with E-state index in [1.165, 1.54) is 0 Å². The van der Waals surface area contributed by atoms with E-state index in [9.17, 15) is 0 Å². The monoisotopic (exact) mass is 334 g/mol. The van der Waals surface area contributed by atoms with Crippen molar-refractivity contribution in [2.75, 3.05) is 0 Å². The Morgan fingerprint density at radius 2 is 1.09 bits per heavy atom. The molecule has 0 fully saturated rings. The fourth-order valence-corrected chi connectivity index (χ4v) is 0. The summed E-state index contributed by atoms with van der Waals surface area (Å²) < 4.78 is 0.167. The molecule has 0 aromatic carbocycles. The Bertz CT molecular complexity index is 88.3. The summed E-state index contributed by atoms with van der Waals surface area (Å²) in [6, 6.07) is 0. The van der Waals surface area contributed by atoms with Gasteiger partial charge >= 0.3 is 31.0 Å². The molecule has 0 amide bonds. The van der Waals surface area contributed by atoms with E-state index in [0.29, 0.717) is 0 Å². The van der Waals surface area contributed by atoms with Gasteiger partial charge in [0.15, 0.2) is 0 Å². The Hall–Kier alpha value is 1.02. The third-order valence-electron chi connectivity index (χ3n) is 0. The van der Waals surface area contributed by atoms with Crippen molar-refractivity contribution in [3.8, 4) is 0 Å². The topological polar surface area (TPSA) is 52.0 Å². The van der Waals surface area contributed by atoms with Crippen LogP contribution < -0.4 is 11.5 Å². The molecule has 0 aliphatic rings. The van der Waals surface area contributed by atoms with Crippen LogP contribution in [0.15, 0.2) is 0 Å². The van der Waals surface area contributed by atoms with Gasteiger partial charge in [-0.3, -0.25) is 0 Å². The fourth-order valence-electron chi connectivity index (χ4n) is 0. The number of hydrogen-bond acceptors (Lipinski definition) is 4.